The summed E-state index contributed by atoms with van der Waals surface area (Å²) in [6, 6.07) is 28.9. The summed E-state index contributed by atoms with van der Waals surface area (Å²) in [4.78, 5) is 25.7. The summed E-state index contributed by atoms with van der Waals surface area (Å²) in [6.07, 6.45) is 0. The molecule has 5 rings (SSSR count). The fourth-order valence-corrected chi connectivity index (χ4v) is 4.19. The zero-order valence-electron chi connectivity index (χ0n) is 19.4. The van der Waals surface area contributed by atoms with E-state index in [1.54, 1.807) is 36.4 Å². The van der Waals surface area contributed by atoms with Crippen molar-refractivity contribution in [2.75, 3.05) is 5.32 Å². The maximum atomic E-state index is 13.3. The van der Waals surface area contributed by atoms with Crippen LogP contribution in [0.3, 0.4) is 0 Å². The van der Waals surface area contributed by atoms with E-state index < -0.39 is 5.92 Å². The van der Waals surface area contributed by atoms with E-state index in [-0.39, 0.29) is 11.8 Å². The Hall–Kier alpha value is -4.42. The van der Waals surface area contributed by atoms with Crippen molar-refractivity contribution in [1.82, 2.24) is 5.43 Å². The zero-order chi connectivity index (χ0) is 25.1. The van der Waals surface area contributed by atoms with E-state index in [9.17, 15) is 9.59 Å². The number of anilines is 1. The molecular weight excluding hydrogens is 474 g/mol. The van der Waals surface area contributed by atoms with Gasteiger partial charge >= 0.3 is 0 Å². The number of hydrogen-bond donors (Lipinski definition) is 2. The molecule has 2 N–H and O–H groups in total. The molecule has 0 bridgehead atoms. The van der Waals surface area contributed by atoms with E-state index in [1.165, 1.54) is 0 Å². The lowest BCUT2D eigenvalue weighted by atomic mass is 9.87. The Balaban J connectivity index is 1.29. The van der Waals surface area contributed by atoms with E-state index in [2.05, 4.69) is 15.8 Å². The Morgan fingerprint density at radius 3 is 1.94 bits per heavy atom. The number of carbonyl (C=O) groups is 2. The SMILES string of the molecule is C/C(=N/NC(=O)C1c2ccccc2Oc2ccccc21)c1ccc(NC(=O)c2ccc(Cl)cc2)cc1. The van der Waals surface area contributed by atoms with Gasteiger partial charge in [0.2, 0.25) is 0 Å². The summed E-state index contributed by atoms with van der Waals surface area (Å²) in [5, 5.41) is 7.76. The normalized spacial score (nSPS) is 12.7. The number of para-hydroxylation sites is 2. The van der Waals surface area contributed by atoms with Gasteiger partial charge in [0.15, 0.2) is 0 Å². The third-order valence-corrected chi connectivity index (χ3v) is 6.19. The second-order valence-corrected chi connectivity index (χ2v) is 8.76. The maximum Gasteiger partial charge on any atom is 0.255 e. The summed E-state index contributed by atoms with van der Waals surface area (Å²) in [5.41, 5.74) is 6.91. The third-order valence-electron chi connectivity index (χ3n) is 5.94. The minimum absolute atomic E-state index is 0.228. The van der Waals surface area contributed by atoms with Crippen LogP contribution in [0.2, 0.25) is 5.02 Å². The van der Waals surface area contributed by atoms with Gasteiger partial charge in [-0.3, -0.25) is 9.59 Å². The van der Waals surface area contributed by atoms with Gasteiger partial charge in [-0.2, -0.15) is 5.10 Å². The Morgan fingerprint density at radius 1 is 0.778 bits per heavy atom. The van der Waals surface area contributed by atoms with Crippen LogP contribution in [0.25, 0.3) is 0 Å². The largest absolute Gasteiger partial charge is 0.457 e. The van der Waals surface area contributed by atoms with Crippen molar-refractivity contribution >= 4 is 34.8 Å². The molecule has 7 heteroatoms. The number of hydrazone groups is 1. The van der Waals surface area contributed by atoms with E-state index in [0.717, 1.165) is 16.7 Å². The fourth-order valence-electron chi connectivity index (χ4n) is 4.06. The number of amides is 2. The van der Waals surface area contributed by atoms with Gasteiger partial charge in [-0.25, -0.2) is 5.43 Å². The van der Waals surface area contributed by atoms with E-state index in [4.69, 9.17) is 16.3 Å². The predicted octanol–water partition coefficient (Wildman–Crippen LogP) is 6.37. The number of fused-ring (bicyclic) bond motifs is 2. The summed E-state index contributed by atoms with van der Waals surface area (Å²) < 4.78 is 5.97. The summed E-state index contributed by atoms with van der Waals surface area (Å²) >= 11 is 5.88. The second-order valence-electron chi connectivity index (χ2n) is 8.32. The minimum Gasteiger partial charge on any atom is -0.457 e. The number of rotatable bonds is 5. The first kappa shape index (κ1) is 23.3. The Bertz CT molecular complexity index is 1420. The first-order chi connectivity index (χ1) is 17.5. The van der Waals surface area contributed by atoms with Gasteiger partial charge in [0, 0.05) is 27.4 Å². The third kappa shape index (κ3) is 4.85. The van der Waals surface area contributed by atoms with Crippen LogP contribution in [0.5, 0.6) is 11.5 Å². The summed E-state index contributed by atoms with van der Waals surface area (Å²) in [6.45, 7) is 1.81. The zero-order valence-corrected chi connectivity index (χ0v) is 20.1. The quantitative estimate of drug-likeness (QED) is 0.249. The minimum atomic E-state index is -0.534. The molecule has 0 unspecified atom stereocenters. The van der Waals surface area contributed by atoms with Crippen molar-refractivity contribution in [3.63, 3.8) is 0 Å². The highest BCUT2D eigenvalue weighted by Gasteiger charge is 2.32. The molecule has 2 amide bonds. The van der Waals surface area contributed by atoms with E-state index in [1.807, 2.05) is 67.6 Å². The number of halogens is 1. The van der Waals surface area contributed by atoms with Crippen LogP contribution in [0.1, 0.15) is 39.9 Å². The molecule has 1 aliphatic rings. The van der Waals surface area contributed by atoms with Crippen molar-refractivity contribution in [2.45, 2.75) is 12.8 Å². The molecule has 178 valence electrons. The van der Waals surface area contributed by atoms with Crippen LogP contribution >= 0.6 is 11.6 Å². The lowest BCUT2D eigenvalue weighted by Gasteiger charge is -2.26. The predicted molar refractivity (Wildman–Crippen MR) is 141 cm³/mol. The van der Waals surface area contributed by atoms with E-state index >= 15 is 0 Å². The fraction of sp³-hybridized carbons (Fsp3) is 0.0690. The molecular formula is C29H22ClN3O3. The number of benzene rings is 4. The standard InChI is InChI=1S/C29H22ClN3O3/c1-18(19-12-16-22(17-13-19)31-28(34)20-10-14-21(30)15-11-20)32-33-29(35)27-23-6-2-4-8-25(23)36-26-9-5-3-7-24(26)27/h2-17,27H,1H3,(H,31,34)(H,33,35)/b32-18-. The van der Waals surface area contributed by atoms with Gasteiger partial charge in [0.25, 0.3) is 11.8 Å². The first-order valence-electron chi connectivity index (χ1n) is 11.4. The Labute approximate surface area is 213 Å². The van der Waals surface area contributed by atoms with Crippen molar-refractivity contribution in [3.8, 4) is 11.5 Å². The van der Waals surface area contributed by atoms with Gasteiger partial charge in [-0.05, 0) is 61.0 Å². The first-order valence-corrected chi connectivity index (χ1v) is 11.7. The molecule has 1 heterocycles. The number of hydrogen-bond acceptors (Lipinski definition) is 4. The molecule has 1 aliphatic heterocycles. The highest BCUT2D eigenvalue weighted by atomic mass is 35.5. The topological polar surface area (TPSA) is 79.8 Å². The van der Waals surface area contributed by atoms with Crippen LogP contribution in [0, 0.1) is 0 Å². The molecule has 6 nitrogen and oxygen atoms in total. The van der Waals surface area contributed by atoms with Crippen LogP contribution in [0.15, 0.2) is 102 Å². The molecule has 36 heavy (non-hydrogen) atoms. The monoisotopic (exact) mass is 495 g/mol. The van der Waals surface area contributed by atoms with Crippen molar-refractivity contribution in [1.29, 1.82) is 0 Å². The lowest BCUT2D eigenvalue weighted by Crippen LogP contribution is -2.29. The molecule has 0 atom stereocenters. The van der Waals surface area contributed by atoms with Gasteiger partial charge in [-0.15, -0.1) is 0 Å². The molecule has 0 saturated carbocycles. The van der Waals surface area contributed by atoms with Crippen LogP contribution in [0.4, 0.5) is 5.69 Å². The smallest absolute Gasteiger partial charge is 0.255 e. The maximum absolute atomic E-state index is 13.3. The molecule has 4 aromatic carbocycles. The molecule has 0 aliphatic carbocycles. The summed E-state index contributed by atoms with van der Waals surface area (Å²) in [7, 11) is 0. The average molecular weight is 496 g/mol. The van der Waals surface area contributed by atoms with Crippen LogP contribution in [-0.2, 0) is 4.79 Å². The number of nitrogens with zero attached hydrogens (tertiary/aromatic N) is 1. The molecule has 4 aromatic rings. The summed E-state index contributed by atoms with van der Waals surface area (Å²) in [5.74, 6) is 0.313. The molecule has 0 radical (unpaired) electrons. The number of ether oxygens (including phenoxy) is 1. The lowest BCUT2D eigenvalue weighted by molar-refractivity contribution is -0.121. The molecule has 0 aromatic heterocycles. The Kier molecular flexibility index (Phi) is 6.52. The highest BCUT2D eigenvalue weighted by Crippen LogP contribution is 2.43. The molecule has 0 saturated heterocycles. The van der Waals surface area contributed by atoms with Gasteiger partial charge in [0.05, 0.1) is 11.6 Å². The van der Waals surface area contributed by atoms with E-state index in [0.29, 0.717) is 33.5 Å². The number of carbonyl (C=O) groups excluding carboxylic acids is 2. The van der Waals surface area contributed by atoms with Crippen molar-refractivity contribution in [3.05, 3.63) is 124 Å². The molecule has 0 fully saturated rings. The Morgan fingerprint density at radius 2 is 1.33 bits per heavy atom. The number of nitrogens with one attached hydrogen (secondary N) is 2. The van der Waals surface area contributed by atoms with Crippen LogP contribution < -0.4 is 15.5 Å². The average Bonchev–Trinajstić information content (AvgIpc) is 2.91. The molecule has 0 spiro atoms. The second kappa shape index (κ2) is 10.1. The van der Waals surface area contributed by atoms with Gasteiger partial charge in [-0.1, -0.05) is 60.1 Å². The van der Waals surface area contributed by atoms with Gasteiger partial charge in [0.1, 0.15) is 11.5 Å². The van der Waals surface area contributed by atoms with Gasteiger partial charge < -0.3 is 10.1 Å². The van der Waals surface area contributed by atoms with Crippen molar-refractivity contribution in [2.24, 2.45) is 5.10 Å². The van der Waals surface area contributed by atoms with Crippen molar-refractivity contribution < 1.29 is 14.3 Å². The highest BCUT2D eigenvalue weighted by molar-refractivity contribution is 6.30. The van der Waals surface area contributed by atoms with Crippen LogP contribution in [-0.4, -0.2) is 17.5 Å².